The van der Waals surface area contributed by atoms with Crippen molar-refractivity contribution in [1.29, 1.82) is 0 Å². The molecular weight excluding hydrogens is 192 g/mol. The maximum atomic E-state index is 3.82. The quantitative estimate of drug-likeness (QED) is 0.676. The van der Waals surface area contributed by atoms with Crippen LogP contribution in [-0.4, -0.2) is 0 Å². The molecule has 0 bridgehead atoms. The van der Waals surface area contributed by atoms with Crippen LogP contribution in [0, 0.1) is 13.8 Å². The van der Waals surface area contributed by atoms with E-state index in [2.05, 4.69) is 62.9 Å². The van der Waals surface area contributed by atoms with Gasteiger partial charge in [0.25, 0.3) is 0 Å². The fourth-order valence-corrected chi connectivity index (χ4v) is 1.84. The molecule has 0 N–H and O–H groups in total. The number of hydrogen-bond donors (Lipinski definition) is 0. The molecule has 2 aromatic rings. The van der Waals surface area contributed by atoms with Crippen molar-refractivity contribution < 1.29 is 0 Å². The summed E-state index contributed by atoms with van der Waals surface area (Å²) in [5.74, 6) is 0. The van der Waals surface area contributed by atoms with Gasteiger partial charge in [0, 0.05) is 0 Å². The molecule has 0 saturated heterocycles. The van der Waals surface area contributed by atoms with Crippen molar-refractivity contribution in [2.75, 3.05) is 0 Å². The Hall–Kier alpha value is -1.82. The topological polar surface area (TPSA) is 0 Å². The Bertz CT molecular complexity index is 504. The van der Waals surface area contributed by atoms with E-state index in [1.165, 1.54) is 27.8 Å². The maximum Gasteiger partial charge on any atom is -0.0175 e. The van der Waals surface area contributed by atoms with Gasteiger partial charge in [-0.1, -0.05) is 54.6 Å². The van der Waals surface area contributed by atoms with Crippen molar-refractivity contribution in [2.24, 2.45) is 0 Å². The standard InChI is InChI=1S/C16H16/c1-4-14-9-13(3)10-16(11-14)15-7-5-12(2)6-8-15/h4-11H,1H2,2-3H3. The summed E-state index contributed by atoms with van der Waals surface area (Å²) in [4.78, 5) is 0. The van der Waals surface area contributed by atoms with Crippen molar-refractivity contribution in [3.8, 4) is 11.1 Å². The first-order chi connectivity index (χ1) is 7.69. The van der Waals surface area contributed by atoms with Crippen LogP contribution in [0.3, 0.4) is 0 Å². The predicted molar refractivity (Wildman–Crippen MR) is 71.4 cm³/mol. The first kappa shape index (κ1) is 10.7. The van der Waals surface area contributed by atoms with Gasteiger partial charge in [0.1, 0.15) is 0 Å². The monoisotopic (exact) mass is 208 g/mol. The van der Waals surface area contributed by atoms with Crippen LogP contribution >= 0.6 is 0 Å². The minimum Gasteiger partial charge on any atom is -0.0985 e. The molecule has 0 heterocycles. The zero-order valence-corrected chi connectivity index (χ0v) is 9.83. The molecule has 0 atom stereocenters. The van der Waals surface area contributed by atoms with Gasteiger partial charge in [0.2, 0.25) is 0 Å². The molecule has 0 amide bonds. The van der Waals surface area contributed by atoms with Crippen LogP contribution in [0.15, 0.2) is 49.0 Å². The second-order valence-corrected chi connectivity index (χ2v) is 4.20. The van der Waals surface area contributed by atoms with Crippen molar-refractivity contribution in [2.45, 2.75) is 13.8 Å². The third-order valence-electron chi connectivity index (χ3n) is 2.72. The lowest BCUT2D eigenvalue weighted by atomic mass is 9.99. The van der Waals surface area contributed by atoms with Gasteiger partial charge in [-0.25, -0.2) is 0 Å². The fourth-order valence-electron chi connectivity index (χ4n) is 1.84. The van der Waals surface area contributed by atoms with Crippen LogP contribution in [0.5, 0.6) is 0 Å². The first-order valence-electron chi connectivity index (χ1n) is 5.50. The maximum absolute atomic E-state index is 3.82. The molecule has 0 nitrogen and oxygen atoms in total. The van der Waals surface area contributed by atoms with Crippen molar-refractivity contribution in [3.05, 3.63) is 65.7 Å². The molecule has 0 unspecified atom stereocenters. The molecule has 2 aromatic carbocycles. The number of hydrogen-bond acceptors (Lipinski definition) is 0. The SMILES string of the molecule is C=Cc1cc(C)cc(-c2ccc(C)cc2)c1. The summed E-state index contributed by atoms with van der Waals surface area (Å²) in [5, 5.41) is 0. The highest BCUT2D eigenvalue weighted by atomic mass is 14.0. The summed E-state index contributed by atoms with van der Waals surface area (Å²) in [6, 6.07) is 15.1. The highest BCUT2D eigenvalue weighted by Crippen LogP contribution is 2.23. The van der Waals surface area contributed by atoms with E-state index in [0.717, 1.165) is 0 Å². The van der Waals surface area contributed by atoms with Gasteiger partial charge in [-0.3, -0.25) is 0 Å². The van der Waals surface area contributed by atoms with E-state index in [-0.39, 0.29) is 0 Å². The molecule has 0 aromatic heterocycles. The van der Waals surface area contributed by atoms with E-state index < -0.39 is 0 Å². The normalized spacial score (nSPS) is 10.1. The molecule has 80 valence electrons. The van der Waals surface area contributed by atoms with E-state index in [1.54, 1.807) is 0 Å². The Kier molecular flexibility index (Phi) is 2.91. The molecule has 0 aliphatic rings. The number of aryl methyl sites for hydroxylation is 2. The van der Waals surface area contributed by atoms with E-state index in [9.17, 15) is 0 Å². The van der Waals surface area contributed by atoms with E-state index in [0.29, 0.717) is 0 Å². The molecule has 0 heteroatoms. The zero-order valence-electron chi connectivity index (χ0n) is 9.83. The Morgan fingerprint density at radius 2 is 1.50 bits per heavy atom. The molecule has 0 aliphatic heterocycles. The number of rotatable bonds is 2. The molecule has 0 radical (unpaired) electrons. The molecule has 0 aliphatic carbocycles. The smallest absolute Gasteiger partial charge is 0.0175 e. The lowest BCUT2D eigenvalue weighted by Gasteiger charge is -2.05. The van der Waals surface area contributed by atoms with Gasteiger partial charge < -0.3 is 0 Å². The number of benzene rings is 2. The second kappa shape index (κ2) is 4.36. The zero-order chi connectivity index (χ0) is 11.5. The highest BCUT2D eigenvalue weighted by Gasteiger charge is 1.99. The van der Waals surface area contributed by atoms with Crippen LogP contribution < -0.4 is 0 Å². The van der Waals surface area contributed by atoms with E-state index in [4.69, 9.17) is 0 Å². The Morgan fingerprint density at radius 3 is 2.12 bits per heavy atom. The predicted octanol–water partition coefficient (Wildman–Crippen LogP) is 4.61. The molecule has 16 heavy (non-hydrogen) atoms. The summed E-state index contributed by atoms with van der Waals surface area (Å²) in [6.45, 7) is 8.04. The van der Waals surface area contributed by atoms with Crippen LogP contribution in [0.1, 0.15) is 16.7 Å². The molecular formula is C16H16. The van der Waals surface area contributed by atoms with Gasteiger partial charge in [-0.05, 0) is 42.2 Å². The first-order valence-corrected chi connectivity index (χ1v) is 5.50. The molecule has 0 spiro atoms. The van der Waals surface area contributed by atoms with Gasteiger partial charge in [-0.15, -0.1) is 0 Å². The third kappa shape index (κ3) is 2.22. The van der Waals surface area contributed by atoms with E-state index >= 15 is 0 Å². The molecule has 2 rings (SSSR count). The summed E-state index contributed by atoms with van der Waals surface area (Å²) in [5.41, 5.74) is 6.26. The Labute approximate surface area is 97.3 Å². The Morgan fingerprint density at radius 1 is 0.812 bits per heavy atom. The van der Waals surface area contributed by atoms with Gasteiger partial charge in [0.15, 0.2) is 0 Å². The minimum absolute atomic E-state index is 1.18. The summed E-state index contributed by atoms with van der Waals surface area (Å²) >= 11 is 0. The minimum atomic E-state index is 1.18. The van der Waals surface area contributed by atoms with Crippen LogP contribution in [0.4, 0.5) is 0 Å². The largest absolute Gasteiger partial charge is 0.0985 e. The van der Waals surface area contributed by atoms with Gasteiger partial charge >= 0.3 is 0 Å². The highest BCUT2D eigenvalue weighted by molar-refractivity contribution is 5.68. The van der Waals surface area contributed by atoms with Crippen LogP contribution in [-0.2, 0) is 0 Å². The summed E-state index contributed by atoms with van der Waals surface area (Å²) < 4.78 is 0. The summed E-state index contributed by atoms with van der Waals surface area (Å²) in [6.07, 6.45) is 1.89. The third-order valence-corrected chi connectivity index (χ3v) is 2.72. The summed E-state index contributed by atoms with van der Waals surface area (Å²) in [7, 11) is 0. The van der Waals surface area contributed by atoms with Gasteiger partial charge in [0.05, 0.1) is 0 Å². The molecule has 0 saturated carbocycles. The van der Waals surface area contributed by atoms with Crippen molar-refractivity contribution in [1.82, 2.24) is 0 Å². The Balaban J connectivity index is 2.51. The second-order valence-electron chi connectivity index (χ2n) is 4.20. The van der Waals surface area contributed by atoms with E-state index in [1.807, 2.05) is 6.08 Å². The average molecular weight is 208 g/mol. The fraction of sp³-hybridized carbons (Fsp3) is 0.125. The van der Waals surface area contributed by atoms with Crippen LogP contribution in [0.2, 0.25) is 0 Å². The average Bonchev–Trinajstić information content (AvgIpc) is 2.29. The van der Waals surface area contributed by atoms with Crippen molar-refractivity contribution in [3.63, 3.8) is 0 Å². The van der Waals surface area contributed by atoms with Crippen LogP contribution in [0.25, 0.3) is 17.2 Å². The lowest BCUT2D eigenvalue weighted by Crippen LogP contribution is -1.83. The van der Waals surface area contributed by atoms with Crippen molar-refractivity contribution >= 4 is 6.08 Å². The van der Waals surface area contributed by atoms with Gasteiger partial charge in [-0.2, -0.15) is 0 Å². The lowest BCUT2D eigenvalue weighted by molar-refractivity contribution is 1.43. The molecule has 0 fully saturated rings.